The second-order valence-electron chi connectivity index (χ2n) is 6.74. The molecule has 2 aromatic rings. The minimum Gasteiger partial charge on any atom is -0.467 e. The number of ketones is 1. The topological polar surface area (TPSA) is 58.9 Å². The standard InChI is InChI=1S/C19H22N2O2/c1-13-9-15(10-16(11-20)18(22)19(3,4)5)14(2)21(13)12-17-7-6-8-23-17/h6-10H,12H2,1-5H3. The summed E-state index contributed by atoms with van der Waals surface area (Å²) in [5.74, 6) is 0.726. The minimum atomic E-state index is -0.568. The summed E-state index contributed by atoms with van der Waals surface area (Å²) in [6, 6.07) is 7.82. The number of carbonyl (C=O) groups excluding carboxylic acids is 1. The molecule has 0 aliphatic rings. The fourth-order valence-corrected chi connectivity index (χ4v) is 2.48. The normalized spacial score (nSPS) is 12.3. The first kappa shape index (κ1) is 16.8. The summed E-state index contributed by atoms with van der Waals surface area (Å²) < 4.78 is 7.51. The van der Waals surface area contributed by atoms with Crippen molar-refractivity contribution < 1.29 is 9.21 Å². The van der Waals surface area contributed by atoms with Crippen molar-refractivity contribution in [1.29, 1.82) is 5.26 Å². The van der Waals surface area contributed by atoms with Crippen LogP contribution >= 0.6 is 0 Å². The number of furan rings is 1. The van der Waals surface area contributed by atoms with Crippen LogP contribution in [-0.4, -0.2) is 10.4 Å². The van der Waals surface area contributed by atoms with Crippen LogP contribution in [0.3, 0.4) is 0 Å². The molecule has 120 valence electrons. The molecule has 0 aliphatic heterocycles. The van der Waals surface area contributed by atoms with Crippen molar-refractivity contribution in [2.75, 3.05) is 0 Å². The molecule has 0 radical (unpaired) electrons. The first-order valence-electron chi connectivity index (χ1n) is 7.59. The lowest BCUT2D eigenvalue weighted by Crippen LogP contribution is -2.21. The molecule has 0 fully saturated rings. The zero-order chi connectivity index (χ0) is 17.2. The van der Waals surface area contributed by atoms with Crippen molar-refractivity contribution in [3.63, 3.8) is 0 Å². The summed E-state index contributed by atoms with van der Waals surface area (Å²) in [6.07, 6.45) is 3.34. The van der Waals surface area contributed by atoms with Crippen LogP contribution in [0, 0.1) is 30.6 Å². The molecule has 0 saturated carbocycles. The second kappa shape index (κ2) is 6.29. The van der Waals surface area contributed by atoms with Crippen LogP contribution in [0.5, 0.6) is 0 Å². The molecule has 0 aliphatic carbocycles. The number of carbonyl (C=O) groups is 1. The summed E-state index contributed by atoms with van der Waals surface area (Å²) in [5, 5.41) is 9.33. The molecule has 0 atom stereocenters. The Labute approximate surface area is 137 Å². The molecule has 0 amide bonds. The largest absolute Gasteiger partial charge is 0.467 e. The summed E-state index contributed by atoms with van der Waals surface area (Å²) >= 11 is 0. The molecular formula is C19H22N2O2. The summed E-state index contributed by atoms with van der Waals surface area (Å²) in [6.45, 7) is 10.1. The van der Waals surface area contributed by atoms with Crippen LogP contribution in [0.15, 0.2) is 34.5 Å². The van der Waals surface area contributed by atoms with Crippen molar-refractivity contribution in [3.8, 4) is 6.07 Å². The molecule has 0 spiro atoms. The Morgan fingerprint density at radius 2 is 2.09 bits per heavy atom. The lowest BCUT2D eigenvalue weighted by molar-refractivity contribution is -0.121. The Morgan fingerprint density at radius 3 is 2.61 bits per heavy atom. The van der Waals surface area contributed by atoms with Gasteiger partial charge in [-0.25, -0.2) is 0 Å². The van der Waals surface area contributed by atoms with Gasteiger partial charge in [0.25, 0.3) is 0 Å². The molecule has 4 nitrogen and oxygen atoms in total. The zero-order valence-corrected chi connectivity index (χ0v) is 14.3. The number of allylic oxidation sites excluding steroid dienone is 1. The third-order valence-corrected chi connectivity index (χ3v) is 3.85. The highest BCUT2D eigenvalue weighted by Gasteiger charge is 2.25. The van der Waals surface area contributed by atoms with Crippen LogP contribution in [-0.2, 0) is 11.3 Å². The van der Waals surface area contributed by atoms with Crippen LogP contribution in [0.4, 0.5) is 0 Å². The lowest BCUT2D eigenvalue weighted by atomic mass is 9.86. The molecular weight excluding hydrogens is 288 g/mol. The molecule has 0 aromatic carbocycles. The van der Waals surface area contributed by atoms with E-state index in [-0.39, 0.29) is 11.4 Å². The van der Waals surface area contributed by atoms with Crippen molar-refractivity contribution in [1.82, 2.24) is 4.57 Å². The lowest BCUT2D eigenvalue weighted by Gasteiger charge is -2.15. The zero-order valence-electron chi connectivity index (χ0n) is 14.3. The molecule has 0 saturated heterocycles. The predicted octanol–water partition coefficient (Wildman–Crippen LogP) is 4.27. The molecule has 0 bridgehead atoms. The number of nitrogens with zero attached hydrogens (tertiary/aromatic N) is 2. The number of nitriles is 1. The highest BCUT2D eigenvalue weighted by molar-refractivity contribution is 6.06. The van der Waals surface area contributed by atoms with Crippen molar-refractivity contribution in [2.24, 2.45) is 5.41 Å². The Morgan fingerprint density at radius 1 is 1.39 bits per heavy atom. The monoisotopic (exact) mass is 310 g/mol. The molecule has 0 N–H and O–H groups in total. The summed E-state index contributed by atoms with van der Waals surface area (Å²) in [7, 11) is 0. The van der Waals surface area contributed by atoms with E-state index in [9.17, 15) is 10.1 Å². The first-order valence-corrected chi connectivity index (χ1v) is 7.59. The minimum absolute atomic E-state index is 0.143. The SMILES string of the molecule is Cc1cc(C=C(C#N)C(=O)C(C)(C)C)c(C)n1Cc1ccco1. The van der Waals surface area contributed by atoms with E-state index >= 15 is 0 Å². The quantitative estimate of drug-likeness (QED) is 0.626. The van der Waals surface area contributed by atoms with Gasteiger partial charge in [0.2, 0.25) is 0 Å². The van der Waals surface area contributed by atoms with Gasteiger partial charge < -0.3 is 8.98 Å². The van der Waals surface area contributed by atoms with E-state index in [1.54, 1.807) is 12.3 Å². The van der Waals surface area contributed by atoms with Gasteiger partial charge in [-0.05, 0) is 43.7 Å². The van der Waals surface area contributed by atoms with Gasteiger partial charge in [-0.1, -0.05) is 20.8 Å². The molecule has 4 heteroatoms. The number of aromatic nitrogens is 1. The van der Waals surface area contributed by atoms with Crippen molar-refractivity contribution in [2.45, 2.75) is 41.2 Å². The fourth-order valence-electron chi connectivity index (χ4n) is 2.48. The van der Waals surface area contributed by atoms with Crippen LogP contribution in [0.25, 0.3) is 6.08 Å². The maximum atomic E-state index is 12.3. The second-order valence-corrected chi connectivity index (χ2v) is 6.74. The smallest absolute Gasteiger partial charge is 0.178 e. The van der Waals surface area contributed by atoms with Gasteiger partial charge in [0, 0.05) is 16.8 Å². The Bertz CT molecular complexity index is 779. The van der Waals surface area contributed by atoms with E-state index < -0.39 is 5.41 Å². The van der Waals surface area contributed by atoms with Gasteiger partial charge in [-0.2, -0.15) is 5.26 Å². The van der Waals surface area contributed by atoms with E-state index in [2.05, 4.69) is 4.57 Å². The van der Waals surface area contributed by atoms with E-state index in [0.717, 1.165) is 22.7 Å². The predicted molar refractivity (Wildman–Crippen MR) is 89.8 cm³/mol. The van der Waals surface area contributed by atoms with E-state index in [1.807, 2.05) is 58.9 Å². The molecule has 23 heavy (non-hydrogen) atoms. The average Bonchev–Trinajstić information content (AvgIpc) is 3.07. The van der Waals surface area contributed by atoms with Crippen LogP contribution < -0.4 is 0 Å². The highest BCUT2D eigenvalue weighted by Crippen LogP contribution is 2.24. The fraction of sp³-hybridized carbons (Fsp3) is 0.368. The number of hydrogen-bond acceptors (Lipinski definition) is 3. The number of rotatable bonds is 4. The van der Waals surface area contributed by atoms with Gasteiger partial charge in [-0.3, -0.25) is 4.79 Å². The maximum Gasteiger partial charge on any atom is 0.178 e. The van der Waals surface area contributed by atoms with Crippen molar-refractivity contribution >= 4 is 11.9 Å². The Kier molecular flexibility index (Phi) is 4.60. The summed E-state index contributed by atoms with van der Waals surface area (Å²) in [4.78, 5) is 12.3. The van der Waals surface area contributed by atoms with Crippen LogP contribution in [0.1, 0.15) is 43.5 Å². The molecule has 0 unspecified atom stereocenters. The van der Waals surface area contributed by atoms with Gasteiger partial charge in [0.05, 0.1) is 18.4 Å². The Balaban J connectivity index is 2.39. The van der Waals surface area contributed by atoms with E-state index in [1.165, 1.54) is 0 Å². The maximum absolute atomic E-state index is 12.3. The molecule has 2 heterocycles. The van der Waals surface area contributed by atoms with Gasteiger partial charge in [-0.15, -0.1) is 0 Å². The van der Waals surface area contributed by atoms with Gasteiger partial charge >= 0.3 is 0 Å². The number of Topliss-reactive ketones (excluding diaryl/α,β-unsaturated/α-hetero) is 1. The first-order chi connectivity index (χ1) is 10.7. The number of aryl methyl sites for hydroxylation is 1. The third-order valence-electron chi connectivity index (χ3n) is 3.85. The third kappa shape index (κ3) is 3.62. The summed E-state index contributed by atoms with van der Waals surface area (Å²) in [5.41, 5.74) is 2.58. The Hall–Kier alpha value is -2.54. The van der Waals surface area contributed by atoms with Crippen molar-refractivity contribution in [3.05, 3.63) is 52.7 Å². The van der Waals surface area contributed by atoms with Crippen LogP contribution in [0.2, 0.25) is 0 Å². The van der Waals surface area contributed by atoms with Gasteiger partial charge in [0.15, 0.2) is 5.78 Å². The molecule has 2 rings (SSSR count). The van der Waals surface area contributed by atoms with E-state index in [0.29, 0.717) is 6.54 Å². The average molecular weight is 310 g/mol. The molecule has 2 aromatic heterocycles. The highest BCUT2D eigenvalue weighted by atomic mass is 16.3. The number of hydrogen-bond donors (Lipinski definition) is 0. The van der Waals surface area contributed by atoms with Gasteiger partial charge in [0.1, 0.15) is 11.8 Å². The van der Waals surface area contributed by atoms with E-state index in [4.69, 9.17) is 4.42 Å².